The van der Waals surface area contributed by atoms with Gasteiger partial charge in [0.05, 0.1) is 11.2 Å². The highest BCUT2D eigenvalue weighted by Gasteiger charge is 2.54. The van der Waals surface area contributed by atoms with Gasteiger partial charge >= 0.3 is 7.12 Å². The molecule has 0 aliphatic carbocycles. The smallest absolute Gasteiger partial charge is 0.403 e. The fourth-order valence-electron chi connectivity index (χ4n) is 4.20. The summed E-state index contributed by atoms with van der Waals surface area (Å²) in [5.74, 6) is 0.742. The molecule has 2 nitrogen and oxygen atoms in total. The van der Waals surface area contributed by atoms with Gasteiger partial charge in [0.2, 0.25) is 0 Å². The molecule has 156 valence electrons. The molecule has 0 amide bonds. The van der Waals surface area contributed by atoms with E-state index in [4.69, 9.17) is 9.31 Å². The lowest BCUT2D eigenvalue weighted by molar-refractivity contribution is 0.00578. The van der Waals surface area contributed by atoms with Crippen molar-refractivity contribution in [2.24, 2.45) is 0 Å². The van der Waals surface area contributed by atoms with E-state index in [-0.39, 0.29) is 24.1 Å². The summed E-state index contributed by atoms with van der Waals surface area (Å²) < 4.78 is 13.0. The molecular weight excluding hydrogens is 355 g/mol. The molecule has 0 N–H and O–H groups in total. The third-order valence-corrected chi connectivity index (χ3v) is 6.69. The largest absolute Gasteiger partial charge is 0.465 e. The first-order chi connectivity index (χ1) is 13.7. The molecule has 0 aromatic heterocycles. The summed E-state index contributed by atoms with van der Waals surface area (Å²) in [6.07, 6.45) is 4.55. The minimum atomic E-state index is -0.299. The summed E-state index contributed by atoms with van der Waals surface area (Å²) in [5.41, 5.74) is 3.62. The van der Waals surface area contributed by atoms with E-state index in [9.17, 15) is 0 Å². The van der Waals surface area contributed by atoms with E-state index in [0.717, 1.165) is 19.3 Å². The van der Waals surface area contributed by atoms with Crippen LogP contribution in [0.4, 0.5) is 0 Å². The topological polar surface area (TPSA) is 18.5 Å². The minimum absolute atomic E-state index is 0.198. The van der Waals surface area contributed by atoms with Gasteiger partial charge in [-0.2, -0.15) is 0 Å². The highest BCUT2D eigenvalue weighted by atomic mass is 16.7. The molecule has 1 atom stereocenters. The summed E-state index contributed by atoms with van der Waals surface area (Å²) in [6.45, 7) is 13.1. The van der Waals surface area contributed by atoms with Gasteiger partial charge in [0, 0.05) is 5.82 Å². The van der Waals surface area contributed by atoms with Gasteiger partial charge in [-0.15, -0.1) is 0 Å². The molecule has 1 unspecified atom stereocenters. The minimum Gasteiger partial charge on any atom is -0.403 e. The number of hydrogen-bond acceptors (Lipinski definition) is 2. The van der Waals surface area contributed by atoms with Crippen molar-refractivity contribution in [3.05, 3.63) is 71.3 Å². The maximum atomic E-state index is 6.51. The van der Waals surface area contributed by atoms with Crippen molar-refractivity contribution in [3.63, 3.8) is 0 Å². The van der Waals surface area contributed by atoms with Crippen LogP contribution in [-0.4, -0.2) is 18.3 Å². The van der Waals surface area contributed by atoms with Crippen LogP contribution in [0.1, 0.15) is 89.2 Å². The second-order valence-electron chi connectivity index (χ2n) is 9.75. The van der Waals surface area contributed by atoms with E-state index in [1.54, 1.807) is 0 Å². The molecule has 0 radical (unpaired) electrons. The Balaban J connectivity index is 1.77. The van der Waals surface area contributed by atoms with Crippen molar-refractivity contribution in [1.82, 2.24) is 0 Å². The second-order valence-corrected chi connectivity index (χ2v) is 9.75. The lowest BCUT2D eigenvalue weighted by Gasteiger charge is -2.32. The van der Waals surface area contributed by atoms with Crippen LogP contribution in [0.3, 0.4) is 0 Å². The zero-order valence-electron chi connectivity index (χ0n) is 19.1. The lowest BCUT2D eigenvalue weighted by atomic mass is 9.64. The van der Waals surface area contributed by atoms with Gasteiger partial charge in [-0.05, 0) is 69.6 Å². The molecule has 1 aliphatic rings. The molecule has 1 saturated heterocycles. The van der Waals surface area contributed by atoms with Crippen LogP contribution in [0, 0.1) is 0 Å². The maximum absolute atomic E-state index is 6.51. The number of rotatable bonds is 8. The molecule has 1 aliphatic heterocycles. The van der Waals surface area contributed by atoms with E-state index in [0.29, 0.717) is 5.92 Å². The number of unbranched alkanes of at least 4 members (excludes halogenated alkanes) is 1. The van der Waals surface area contributed by atoms with Crippen LogP contribution in [-0.2, 0) is 15.7 Å². The summed E-state index contributed by atoms with van der Waals surface area (Å²) in [4.78, 5) is 0. The van der Waals surface area contributed by atoms with Crippen LogP contribution in [0.15, 0.2) is 54.6 Å². The molecule has 2 aromatic carbocycles. The quantitative estimate of drug-likeness (QED) is 0.358. The fourth-order valence-corrected chi connectivity index (χ4v) is 4.20. The zero-order valence-corrected chi connectivity index (χ0v) is 19.1. The van der Waals surface area contributed by atoms with Crippen molar-refractivity contribution in [2.75, 3.05) is 0 Å². The standard InChI is InChI=1S/C26H37BO2/c1-20(2)22-17-11-12-18-23(22)24(27-28-25(3,4)26(5,6)29-27)19-13-10-16-21-14-8-7-9-15-21/h7-9,11-12,14-15,17-18,20,24H,10,13,16,19H2,1-6H3. The molecule has 1 heterocycles. The first-order valence-corrected chi connectivity index (χ1v) is 11.2. The third-order valence-electron chi connectivity index (χ3n) is 6.69. The first-order valence-electron chi connectivity index (χ1n) is 11.2. The van der Waals surface area contributed by atoms with Crippen LogP contribution < -0.4 is 0 Å². The van der Waals surface area contributed by atoms with E-state index < -0.39 is 0 Å². The molecule has 2 aromatic rings. The molecule has 3 rings (SSSR count). The average molecular weight is 392 g/mol. The van der Waals surface area contributed by atoms with Gasteiger partial charge in [-0.1, -0.05) is 74.9 Å². The van der Waals surface area contributed by atoms with Crippen molar-refractivity contribution in [2.45, 2.75) is 90.2 Å². The van der Waals surface area contributed by atoms with Crippen LogP contribution in [0.25, 0.3) is 0 Å². The van der Waals surface area contributed by atoms with Crippen molar-refractivity contribution in [3.8, 4) is 0 Å². The monoisotopic (exact) mass is 392 g/mol. The lowest BCUT2D eigenvalue weighted by Crippen LogP contribution is -2.41. The number of benzene rings is 2. The Bertz CT molecular complexity index is 766. The van der Waals surface area contributed by atoms with Gasteiger partial charge in [0.25, 0.3) is 0 Å². The van der Waals surface area contributed by atoms with E-state index in [1.807, 2.05) is 0 Å². The summed E-state index contributed by atoms with van der Waals surface area (Å²) in [5, 5.41) is 0. The van der Waals surface area contributed by atoms with Crippen LogP contribution in [0.2, 0.25) is 0 Å². The Hall–Kier alpha value is -1.58. The van der Waals surface area contributed by atoms with Crippen LogP contribution in [0.5, 0.6) is 0 Å². The van der Waals surface area contributed by atoms with Gasteiger partial charge in [-0.3, -0.25) is 0 Å². The Morgan fingerprint density at radius 2 is 1.31 bits per heavy atom. The Morgan fingerprint density at radius 3 is 1.90 bits per heavy atom. The predicted octanol–water partition coefficient (Wildman–Crippen LogP) is 6.94. The van der Waals surface area contributed by atoms with Gasteiger partial charge < -0.3 is 9.31 Å². The van der Waals surface area contributed by atoms with Crippen molar-refractivity contribution >= 4 is 7.12 Å². The highest BCUT2D eigenvalue weighted by Crippen LogP contribution is 2.43. The number of hydrogen-bond donors (Lipinski definition) is 0. The molecule has 0 saturated carbocycles. The van der Waals surface area contributed by atoms with E-state index >= 15 is 0 Å². The Labute approximate surface area is 178 Å². The van der Waals surface area contributed by atoms with E-state index in [1.165, 1.54) is 23.1 Å². The van der Waals surface area contributed by atoms with Crippen molar-refractivity contribution < 1.29 is 9.31 Å². The average Bonchev–Trinajstić information content (AvgIpc) is 2.89. The number of aryl methyl sites for hydroxylation is 1. The highest BCUT2D eigenvalue weighted by molar-refractivity contribution is 6.47. The maximum Gasteiger partial charge on any atom is 0.465 e. The second kappa shape index (κ2) is 9.06. The normalized spacial score (nSPS) is 18.9. The summed E-state index contributed by atoms with van der Waals surface area (Å²) in [6, 6.07) is 19.6. The summed E-state index contributed by atoms with van der Waals surface area (Å²) >= 11 is 0. The SMILES string of the molecule is CC(C)c1ccccc1C(CCCCc1ccccc1)B1OC(C)(C)C(C)(C)O1. The molecule has 29 heavy (non-hydrogen) atoms. The molecule has 0 bridgehead atoms. The summed E-state index contributed by atoms with van der Waals surface area (Å²) in [7, 11) is -0.198. The fraction of sp³-hybridized carbons (Fsp3) is 0.538. The zero-order chi connectivity index (χ0) is 21.1. The van der Waals surface area contributed by atoms with E-state index in [2.05, 4.69) is 96.1 Å². The molecule has 3 heteroatoms. The van der Waals surface area contributed by atoms with Gasteiger partial charge in [0.1, 0.15) is 0 Å². The Kier molecular flexibility index (Phi) is 6.91. The van der Waals surface area contributed by atoms with Gasteiger partial charge in [0.15, 0.2) is 0 Å². The predicted molar refractivity (Wildman–Crippen MR) is 123 cm³/mol. The molecule has 0 spiro atoms. The van der Waals surface area contributed by atoms with Gasteiger partial charge in [-0.25, -0.2) is 0 Å². The first kappa shape index (κ1) is 22.1. The molecular formula is C26H37BO2. The van der Waals surface area contributed by atoms with Crippen LogP contribution >= 0.6 is 0 Å². The third kappa shape index (κ3) is 5.13. The van der Waals surface area contributed by atoms with Crippen molar-refractivity contribution in [1.29, 1.82) is 0 Å². The Morgan fingerprint density at radius 1 is 0.759 bits per heavy atom. The molecule has 1 fully saturated rings.